The molecule has 3 atom stereocenters. The zero-order valence-corrected chi connectivity index (χ0v) is 11.0. The molecule has 1 aliphatic heterocycles. The molecular weight excluding hydrogens is 196 g/mol. The molecule has 3 unspecified atom stereocenters. The van der Waals surface area contributed by atoms with Gasteiger partial charge >= 0.3 is 0 Å². The molecule has 2 aliphatic rings. The van der Waals surface area contributed by atoms with Crippen molar-refractivity contribution in [1.29, 1.82) is 0 Å². The Labute approximate surface area is 101 Å². The number of hydrogen-bond acceptors (Lipinski definition) is 2. The van der Waals surface area contributed by atoms with Crippen molar-refractivity contribution < 1.29 is 0 Å². The lowest BCUT2D eigenvalue weighted by atomic mass is 9.85. The summed E-state index contributed by atoms with van der Waals surface area (Å²) in [5.41, 5.74) is 0. The normalized spacial score (nSPS) is 37.5. The monoisotopic (exact) mass is 224 g/mol. The minimum Gasteiger partial charge on any atom is -0.312 e. The largest absolute Gasteiger partial charge is 0.312 e. The molecule has 0 aromatic heterocycles. The first-order valence-electron chi connectivity index (χ1n) is 7.21. The minimum absolute atomic E-state index is 0.794. The van der Waals surface area contributed by atoms with Gasteiger partial charge in [-0.15, -0.1) is 0 Å². The molecule has 0 aromatic rings. The van der Waals surface area contributed by atoms with Gasteiger partial charge in [0.2, 0.25) is 0 Å². The molecule has 2 nitrogen and oxygen atoms in total. The lowest BCUT2D eigenvalue weighted by molar-refractivity contribution is 0.167. The fourth-order valence-corrected chi connectivity index (χ4v) is 3.31. The Morgan fingerprint density at radius 2 is 1.81 bits per heavy atom. The molecule has 1 saturated heterocycles. The molecule has 1 aliphatic carbocycles. The Kier molecular flexibility index (Phi) is 4.66. The van der Waals surface area contributed by atoms with Gasteiger partial charge < -0.3 is 10.2 Å². The fraction of sp³-hybridized carbons (Fsp3) is 1.00. The number of likely N-dealkylation sites (N-methyl/N-ethyl adjacent to an activating group) is 1. The molecule has 2 fully saturated rings. The number of piperidine rings is 1. The van der Waals surface area contributed by atoms with Gasteiger partial charge in [0.1, 0.15) is 0 Å². The number of likely N-dealkylation sites (tertiary alicyclic amines) is 1. The second kappa shape index (κ2) is 6.02. The van der Waals surface area contributed by atoms with Crippen molar-refractivity contribution in [2.75, 3.05) is 20.1 Å². The lowest BCUT2D eigenvalue weighted by Crippen LogP contribution is -2.47. The van der Waals surface area contributed by atoms with E-state index >= 15 is 0 Å². The van der Waals surface area contributed by atoms with Gasteiger partial charge in [0.15, 0.2) is 0 Å². The number of rotatable bonds is 3. The second-order valence-corrected chi connectivity index (χ2v) is 5.91. The topological polar surface area (TPSA) is 15.3 Å². The highest BCUT2D eigenvalue weighted by molar-refractivity contribution is 4.82. The molecule has 1 saturated carbocycles. The summed E-state index contributed by atoms with van der Waals surface area (Å²) in [5.74, 6) is 0.891. The Morgan fingerprint density at radius 3 is 2.56 bits per heavy atom. The fourth-order valence-electron chi connectivity index (χ4n) is 3.31. The summed E-state index contributed by atoms with van der Waals surface area (Å²) in [7, 11) is 2.29. The summed E-state index contributed by atoms with van der Waals surface area (Å²) >= 11 is 0. The van der Waals surface area contributed by atoms with Gasteiger partial charge in [-0.3, -0.25) is 0 Å². The maximum Gasteiger partial charge on any atom is 0.0217 e. The van der Waals surface area contributed by atoms with Crippen molar-refractivity contribution in [3.8, 4) is 0 Å². The third kappa shape index (κ3) is 3.21. The Hall–Kier alpha value is -0.0800. The average Bonchev–Trinajstić information content (AvgIpc) is 2.30. The molecule has 2 rings (SSSR count). The molecular formula is C14H28N2. The van der Waals surface area contributed by atoms with E-state index in [0.29, 0.717) is 0 Å². The van der Waals surface area contributed by atoms with Crippen LogP contribution in [0.5, 0.6) is 0 Å². The highest BCUT2D eigenvalue weighted by Crippen LogP contribution is 2.24. The highest BCUT2D eigenvalue weighted by atomic mass is 15.2. The van der Waals surface area contributed by atoms with Crippen LogP contribution in [-0.2, 0) is 0 Å². The summed E-state index contributed by atoms with van der Waals surface area (Å²) in [6.07, 6.45) is 9.93. The maximum atomic E-state index is 3.83. The van der Waals surface area contributed by atoms with Gasteiger partial charge in [-0.2, -0.15) is 0 Å². The van der Waals surface area contributed by atoms with Crippen LogP contribution < -0.4 is 5.32 Å². The zero-order valence-electron chi connectivity index (χ0n) is 11.0. The molecule has 0 aromatic carbocycles. The summed E-state index contributed by atoms with van der Waals surface area (Å²) in [5, 5.41) is 3.83. The van der Waals surface area contributed by atoms with Crippen LogP contribution in [0.3, 0.4) is 0 Å². The molecule has 0 bridgehead atoms. The SMILES string of the molecule is CC1CCCCC1NCC1CCCCN1C. The van der Waals surface area contributed by atoms with Gasteiger partial charge in [-0.1, -0.05) is 26.2 Å². The summed E-state index contributed by atoms with van der Waals surface area (Å²) in [4.78, 5) is 2.55. The Bertz CT molecular complexity index is 183. The van der Waals surface area contributed by atoms with Crippen LogP contribution in [0.1, 0.15) is 51.9 Å². The van der Waals surface area contributed by atoms with E-state index in [0.717, 1.165) is 18.0 Å². The second-order valence-electron chi connectivity index (χ2n) is 5.91. The van der Waals surface area contributed by atoms with Gasteiger partial charge in [-0.25, -0.2) is 0 Å². The van der Waals surface area contributed by atoms with Crippen LogP contribution in [0.15, 0.2) is 0 Å². The predicted molar refractivity (Wildman–Crippen MR) is 69.7 cm³/mol. The van der Waals surface area contributed by atoms with Crippen LogP contribution in [0.25, 0.3) is 0 Å². The molecule has 0 amide bonds. The van der Waals surface area contributed by atoms with Gasteiger partial charge in [-0.05, 0) is 45.2 Å². The highest BCUT2D eigenvalue weighted by Gasteiger charge is 2.23. The molecule has 0 radical (unpaired) electrons. The van der Waals surface area contributed by atoms with Crippen LogP contribution in [0, 0.1) is 5.92 Å². The van der Waals surface area contributed by atoms with E-state index < -0.39 is 0 Å². The quantitative estimate of drug-likeness (QED) is 0.793. The van der Waals surface area contributed by atoms with Crippen molar-refractivity contribution in [2.45, 2.75) is 64.0 Å². The third-order valence-electron chi connectivity index (χ3n) is 4.65. The van der Waals surface area contributed by atoms with Gasteiger partial charge in [0.25, 0.3) is 0 Å². The molecule has 1 N–H and O–H groups in total. The lowest BCUT2D eigenvalue weighted by Gasteiger charge is -2.36. The van der Waals surface area contributed by atoms with E-state index in [-0.39, 0.29) is 0 Å². The van der Waals surface area contributed by atoms with E-state index in [1.54, 1.807) is 0 Å². The van der Waals surface area contributed by atoms with Crippen molar-refractivity contribution >= 4 is 0 Å². The summed E-state index contributed by atoms with van der Waals surface area (Å²) < 4.78 is 0. The van der Waals surface area contributed by atoms with E-state index in [1.807, 2.05) is 0 Å². The van der Waals surface area contributed by atoms with Crippen LogP contribution in [-0.4, -0.2) is 37.1 Å². The van der Waals surface area contributed by atoms with E-state index in [1.165, 1.54) is 58.0 Å². The van der Waals surface area contributed by atoms with Crippen LogP contribution in [0.2, 0.25) is 0 Å². The zero-order chi connectivity index (χ0) is 11.4. The Morgan fingerprint density at radius 1 is 1.06 bits per heavy atom. The summed E-state index contributed by atoms with van der Waals surface area (Å²) in [6.45, 7) is 4.93. The molecule has 16 heavy (non-hydrogen) atoms. The van der Waals surface area contributed by atoms with Crippen molar-refractivity contribution in [3.63, 3.8) is 0 Å². The van der Waals surface area contributed by atoms with Crippen LogP contribution >= 0.6 is 0 Å². The Balaban J connectivity index is 1.72. The average molecular weight is 224 g/mol. The first-order valence-corrected chi connectivity index (χ1v) is 7.21. The molecule has 0 spiro atoms. The maximum absolute atomic E-state index is 3.83. The molecule has 94 valence electrons. The van der Waals surface area contributed by atoms with E-state index in [4.69, 9.17) is 0 Å². The minimum atomic E-state index is 0.794. The smallest absolute Gasteiger partial charge is 0.0217 e. The standard InChI is InChI=1S/C14H28N2/c1-12-7-3-4-9-14(12)15-11-13-8-5-6-10-16(13)2/h12-15H,3-11H2,1-2H3. The number of nitrogens with one attached hydrogen (secondary N) is 1. The molecule has 2 heteroatoms. The van der Waals surface area contributed by atoms with E-state index in [2.05, 4.69) is 24.2 Å². The van der Waals surface area contributed by atoms with Gasteiger partial charge in [0.05, 0.1) is 0 Å². The number of nitrogens with zero attached hydrogens (tertiary/aromatic N) is 1. The van der Waals surface area contributed by atoms with E-state index in [9.17, 15) is 0 Å². The first-order chi connectivity index (χ1) is 7.77. The predicted octanol–water partition coefficient (Wildman–Crippen LogP) is 2.64. The summed E-state index contributed by atoms with van der Waals surface area (Å²) in [6, 6.07) is 1.59. The van der Waals surface area contributed by atoms with Crippen LogP contribution in [0.4, 0.5) is 0 Å². The first kappa shape index (κ1) is 12.4. The molecule has 1 heterocycles. The number of hydrogen-bond donors (Lipinski definition) is 1. The van der Waals surface area contributed by atoms with Crippen molar-refractivity contribution in [3.05, 3.63) is 0 Å². The van der Waals surface area contributed by atoms with Crippen molar-refractivity contribution in [1.82, 2.24) is 10.2 Å². The third-order valence-corrected chi connectivity index (χ3v) is 4.65. The van der Waals surface area contributed by atoms with Gasteiger partial charge in [0, 0.05) is 18.6 Å². The van der Waals surface area contributed by atoms with Crippen molar-refractivity contribution in [2.24, 2.45) is 5.92 Å².